The fraction of sp³-hybridized carbons (Fsp3) is 0.500. The van der Waals surface area contributed by atoms with E-state index in [0.29, 0.717) is 23.5 Å². The van der Waals surface area contributed by atoms with Crippen molar-refractivity contribution >= 4 is 29.5 Å². The van der Waals surface area contributed by atoms with Gasteiger partial charge < -0.3 is 40.2 Å². The number of carbonyl (C=O) groups excluding carboxylic acids is 2. The molecule has 1 heterocycles. The highest BCUT2D eigenvalue weighted by molar-refractivity contribution is 7.99. The van der Waals surface area contributed by atoms with E-state index in [9.17, 15) is 29.7 Å². The molecule has 0 spiro atoms. The van der Waals surface area contributed by atoms with Gasteiger partial charge in [0.1, 0.15) is 11.5 Å². The summed E-state index contributed by atoms with van der Waals surface area (Å²) in [6, 6.07) is 14.7. The molecule has 0 saturated carbocycles. The number of hydrogen-bond donors (Lipinski definition) is 5. The van der Waals surface area contributed by atoms with Crippen LogP contribution in [0.4, 0.5) is 0 Å². The molecule has 5 N–H and O–H groups in total. The minimum atomic E-state index is -2.16. The smallest absolute Gasteiger partial charge is 0.364 e. The number of hydrogen-bond acceptors (Lipinski definition) is 9. The average Bonchev–Trinajstić information content (AvgIpc) is 2.97. The third-order valence-electron chi connectivity index (χ3n) is 6.93. The minimum absolute atomic E-state index is 0.0890. The summed E-state index contributed by atoms with van der Waals surface area (Å²) in [5.41, 5.74) is 0.343. The second-order valence-electron chi connectivity index (χ2n) is 10.1. The van der Waals surface area contributed by atoms with E-state index in [0.717, 1.165) is 11.5 Å². The summed E-state index contributed by atoms with van der Waals surface area (Å²) in [6.45, 7) is 4.77. The van der Waals surface area contributed by atoms with E-state index >= 15 is 0 Å². The van der Waals surface area contributed by atoms with Crippen molar-refractivity contribution in [3.8, 4) is 11.5 Å². The number of para-hydroxylation sites is 1. The number of rotatable bonds is 15. The zero-order valence-corrected chi connectivity index (χ0v) is 24.8. The molecule has 1 aliphatic heterocycles. The lowest BCUT2D eigenvalue weighted by molar-refractivity contribution is -0.304. The van der Waals surface area contributed by atoms with Gasteiger partial charge in [0.25, 0.3) is 11.7 Å². The number of aliphatic hydroxyl groups is 2. The molecule has 12 heteroatoms. The molecule has 0 radical (unpaired) electrons. The standard InChI is InChI=1S/C30H40N2O9S/c1-4-42-16-8-15-39-30(29(37)38)17-24(34)26(32-20(3)33)27(41-30)19(2)25(35)18-31-28(36)21-11-13-23(14-12-21)40-22-9-6-5-7-10-22/h5-7,9-14,19,24-27,34-35H,4,8,15-18H2,1-3H3,(H,31,36)(H,32,33)(H,37,38)/t19-,24+,25-,26-,27?,30-/m1/s1. The zero-order chi connectivity index (χ0) is 30.7. The number of benzene rings is 2. The largest absolute Gasteiger partial charge is 0.477 e. The molecule has 2 aromatic carbocycles. The van der Waals surface area contributed by atoms with E-state index in [1.165, 1.54) is 6.92 Å². The Kier molecular flexibility index (Phi) is 12.6. The van der Waals surface area contributed by atoms with Crippen molar-refractivity contribution in [2.75, 3.05) is 24.7 Å². The van der Waals surface area contributed by atoms with E-state index in [-0.39, 0.29) is 13.2 Å². The molecule has 2 amide bonds. The number of nitrogens with one attached hydrogen (secondary N) is 2. The van der Waals surface area contributed by atoms with Gasteiger partial charge in [0, 0.05) is 31.4 Å². The molecule has 42 heavy (non-hydrogen) atoms. The molecule has 0 aliphatic carbocycles. The van der Waals surface area contributed by atoms with Gasteiger partial charge >= 0.3 is 5.97 Å². The maximum Gasteiger partial charge on any atom is 0.364 e. The first-order valence-electron chi connectivity index (χ1n) is 13.9. The highest BCUT2D eigenvalue weighted by Crippen LogP contribution is 2.35. The average molecular weight is 605 g/mol. The predicted octanol–water partition coefficient (Wildman–Crippen LogP) is 2.80. The fourth-order valence-corrected chi connectivity index (χ4v) is 5.26. The van der Waals surface area contributed by atoms with Gasteiger partial charge in [-0.2, -0.15) is 11.8 Å². The highest BCUT2D eigenvalue weighted by atomic mass is 32.2. The van der Waals surface area contributed by atoms with E-state index in [4.69, 9.17) is 14.2 Å². The summed E-state index contributed by atoms with van der Waals surface area (Å²) in [5.74, 6) is -2.39. The number of carbonyl (C=O) groups is 3. The lowest BCUT2D eigenvalue weighted by Gasteiger charge is -2.47. The molecular formula is C30H40N2O9S. The Labute approximate surface area is 249 Å². The maximum atomic E-state index is 12.8. The van der Waals surface area contributed by atoms with E-state index < -0.39 is 60.3 Å². The molecule has 1 unspecified atom stereocenters. The van der Waals surface area contributed by atoms with Gasteiger partial charge in [0.2, 0.25) is 5.91 Å². The van der Waals surface area contributed by atoms with Crippen LogP contribution in [-0.4, -0.2) is 87.9 Å². The van der Waals surface area contributed by atoms with Gasteiger partial charge in [0.15, 0.2) is 0 Å². The van der Waals surface area contributed by atoms with Gasteiger partial charge in [0.05, 0.1) is 31.0 Å². The third-order valence-corrected chi connectivity index (χ3v) is 7.92. The summed E-state index contributed by atoms with van der Waals surface area (Å²) < 4.78 is 17.4. The molecule has 1 saturated heterocycles. The molecule has 1 fully saturated rings. The summed E-state index contributed by atoms with van der Waals surface area (Å²) in [7, 11) is 0. The monoisotopic (exact) mass is 604 g/mol. The SMILES string of the molecule is CCSCCCO[C@]1(C(=O)O)C[C@H](O)[C@@H](NC(C)=O)C([C@H](C)[C@H](O)CNC(=O)c2ccc(Oc3ccccc3)cc2)O1. The minimum Gasteiger partial charge on any atom is -0.477 e. The zero-order valence-electron chi connectivity index (χ0n) is 24.0. The van der Waals surface area contributed by atoms with Gasteiger partial charge in [-0.15, -0.1) is 0 Å². The van der Waals surface area contributed by atoms with Crippen molar-refractivity contribution in [1.82, 2.24) is 10.6 Å². The Bertz CT molecular complexity index is 1170. The first-order valence-corrected chi connectivity index (χ1v) is 15.1. The van der Waals surface area contributed by atoms with Gasteiger partial charge in [-0.05, 0) is 54.3 Å². The molecule has 1 aliphatic rings. The van der Waals surface area contributed by atoms with Crippen molar-refractivity contribution in [2.45, 2.75) is 63.8 Å². The van der Waals surface area contributed by atoms with Crippen molar-refractivity contribution < 1.29 is 43.9 Å². The van der Waals surface area contributed by atoms with E-state index in [1.54, 1.807) is 43.0 Å². The van der Waals surface area contributed by atoms with Crippen LogP contribution in [-0.2, 0) is 19.1 Å². The molecule has 6 atom stereocenters. The Morgan fingerprint density at radius 3 is 2.40 bits per heavy atom. The van der Waals surface area contributed by atoms with Crippen molar-refractivity contribution in [1.29, 1.82) is 0 Å². The van der Waals surface area contributed by atoms with Gasteiger partial charge in [-0.1, -0.05) is 32.0 Å². The Balaban J connectivity index is 1.66. The second-order valence-corrected chi connectivity index (χ2v) is 11.5. The third kappa shape index (κ3) is 9.17. The maximum absolute atomic E-state index is 12.8. The number of carboxylic acid groups (broad SMARTS) is 1. The molecule has 230 valence electrons. The van der Waals surface area contributed by atoms with Gasteiger partial charge in [-0.25, -0.2) is 4.79 Å². The van der Waals surface area contributed by atoms with Crippen LogP contribution >= 0.6 is 11.8 Å². The normalized spacial score (nSPS) is 23.4. The predicted molar refractivity (Wildman–Crippen MR) is 157 cm³/mol. The lowest BCUT2D eigenvalue weighted by Crippen LogP contribution is -2.66. The summed E-state index contributed by atoms with van der Waals surface area (Å²) in [6.07, 6.45) is -3.51. The van der Waals surface area contributed by atoms with E-state index in [1.807, 2.05) is 37.3 Å². The van der Waals surface area contributed by atoms with Crippen LogP contribution in [0.3, 0.4) is 0 Å². The quantitative estimate of drug-likeness (QED) is 0.191. The van der Waals surface area contributed by atoms with Crippen LogP contribution in [0.15, 0.2) is 54.6 Å². The molecule has 11 nitrogen and oxygen atoms in total. The Hall–Kier alpha value is -3.16. The number of aliphatic carboxylic acids is 1. The summed E-state index contributed by atoms with van der Waals surface area (Å²) in [5, 5.41) is 37.2. The molecule has 3 rings (SSSR count). The number of thioether (sulfide) groups is 1. The molecule has 0 bridgehead atoms. The van der Waals surface area contributed by atoms with Crippen molar-refractivity contribution in [2.24, 2.45) is 5.92 Å². The fourth-order valence-electron chi connectivity index (χ4n) is 4.65. The lowest BCUT2D eigenvalue weighted by atomic mass is 9.84. The number of amides is 2. The van der Waals surface area contributed by atoms with E-state index in [2.05, 4.69) is 10.6 Å². The molecular weight excluding hydrogens is 564 g/mol. The van der Waals surface area contributed by atoms with Crippen LogP contribution < -0.4 is 15.4 Å². The Morgan fingerprint density at radius 2 is 1.79 bits per heavy atom. The summed E-state index contributed by atoms with van der Waals surface area (Å²) in [4.78, 5) is 37.0. The van der Waals surface area contributed by atoms with Crippen LogP contribution in [0, 0.1) is 5.92 Å². The summed E-state index contributed by atoms with van der Waals surface area (Å²) >= 11 is 1.69. The Morgan fingerprint density at radius 1 is 1.12 bits per heavy atom. The topological polar surface area (TPSA) is 164 Å². The van der Waals surface area contributed by atoms with Crippen molar-refractivity contribution in [3.05, 3.63) is 60.2 Å². The highest BCUT2D eigenvalue weighted by Gasteiger charge is 2.55. The first-order chi connectivity index (χ1) is 20.1. The van der Waals surface area contributed by atoms with Crippen LogP contribution in [0.1, 0.15) is 44.0 Å². The van der Waals surface area contributed by atoms with Crippen LogP contribution in [0.2, 0.25) is 0 Å². The number of aliphatic hydroxyl groups excluding tert-OH is 2. The number of ether oxygens (including phenoxy) is 3. The van der Waals surface area contributed by atoms with Crippen molar-refractivity contribution in [3.63, 3.8) is 0 Å². The van der Waals surface area contributed by atoms with Crippen LogP contribution in [0.25, 0.3) is 0 Å². The van der Waals surface area contributed by atoms with Crippen LogP contribution in [0.5, 0.6) is 11.5 Å². The molecule has 2 aromatic rings. The molecule has 0 aromatic heterocycles. The number of carboxylic acids is 1. The van der Waals surface area contributed by atoms with Gasteiger partial charge in [-0.3, -0.25) is 9.59 Å². The first kappa shape index (κ1) is 33.3. The second kappa shape index (κ2) is 15.9.